The number of carbonyl (C=O) groups is 2. The Kier molecular flexibility index (Phi) is 5.19. The van der Waals surface area contributed by atoms with Crippen LogP contribution in [0.3, 0.4) is 0 Å². The van der Waals surface area contributed by atoms with Crippen LogP contribution in [0.15, 0.2) is 12.1 Å². The first-order chi connectivity index (χ1) is 9.23. The average molecular weight is 285 g/mol. The summed E-state index contributed by atoms with van der Waals surface area (Å²) in [5.74, 6) is -2.25. The predicted octanol–water partition coefficient (Wildman–Crippen LogP) is 3.44. The van der Waals surface area contributed by atoms with Gasteiger partial charge in [0.25, 0.3) is 0 Å². The van der Waals surface area contributed by atoms with Crippen LogP contribution in [0.1, 0.15) is 32.8 Å². The number of amides is 1. The molecule has 0 fully saturated rings. The third-order valence-electron chi connectivity index (χ3n) is 2.27. The largest absolute Gasteiger partial charge is 0.444 e. The zero-order valence-electron chi connectivity index (χ0n) is 11.6. The molecule has 1 aromatic rings. The summed E-state index contributed by atoms with van der Waals surface area (Å²) in [7, 11) is 0. The van der Waals surface area contributed by atoms with Gasteiger partial charge < -0.3 is 9.53 Å². The van der Waals surface area contributed by atoms with Crippen molar-refractivity contribution in [2.75, 3.05) is 5.32 Å². The molecule has 0 bridgehead atoms. The standard InChI is InChI=1S/C14H17F2NO3/c1-14(2,3)20-13(19)17-11-8-9(5-4-6-18)7-10(15)12(11)16/h6-8H,4-5H2,1-3H3,(H,17,19). The molecule has 0 radical (unpaired) electrons. The Hall–Kier alpha value is -1.98. The summed E-state index contributed by atoms with van der Waals surface area (Å²) in [6.45, 7) is 4.97. The number of rotatable bonds is 4. The van der Waals surface area contributed by atoms with Crippen LogP contribution in [0.4, 0.5) is 19.3 Å². The van der Waals surface area contributed by atoms with E-state index >= 15 is 0 Å². The van der Waals surface area contributed by atoms with Gasteiger partial charge in [-0.05, 0) is 44.9 Å². The quantitative estimate of drug-likeness (QED) is 0.862. The lowest BCUT2D eigenvalue weighted by molar-refractivity contribution is -0.107. The summed E-state index contributed by atoms with van der Waals surface area (Å²) >= 11 is 0. The highest BCUT2D eigenvalue weighted by molar-refractivity contribution is 5.85. The first kappa shape index (κ1) is 16.1. The molecule has 0 atom stereocenters. The number of aryl methyl sites for hydroxylation is 1. The number of carbonyl (C=O) groups excluding carboxylic acids is 2. The molecule has 0 spiro atoms. The van der Waals surface area contributed by atoms with Crippen LogP contribution in [-0.4, -0.2) is 18.0 Å². The Morgan fingerprint density at radius 1 is 1.35 bits per heavy atom. The van der Waals surface area contributed by atoms with Gasteiger partial charge in [-0.1, -0.05) is 0 Å². The third kappa shape index (κ3) is 4.95. The first-order valence-corrected chi connectivity index (χ1v) is 6.14. The van der Waals surface area contributed by atoms with Crippen LogP contribution in [-0.2, 0) is 16.0 Å². The lowest BCUT2D eigenvalue weighted by Crippen LogP contribution is -2.27. The molecule has 20 heavy (non-hydrogen) atoms. The van der Waals surface area contributed by atoms with Crippen molar-refractivity contribution < 1.29 is 23.1 Å². The van der Waals surface area contributed by atoms with Crippen LogP contribution in [0.25, 0.3) is 0 Å². The minimum Gasteiger partial charge on any atom is -0.444 e. The molecule has 1 rings (SSSR count). The Morgan fingerprint density at radius 2 is 2.00 bits per heavy atom. The van der Waals surface area contributed by atoms with E-state index in [9.17, 15) is 18.4 Å². The molecule has 1 N–H and O–H groups in total. The average Bonchev–Trinajstić information content (AvgIpc) is 2.30. The van der Waals surface area contributed by atoms with E-state index in [-0.39, 0.29) is 18.5 Å². The van der Waals surface area contributed by atoms with Crippen molar-refractivity contribution in [1.82, 2.24) is 0 Å². The lowest BCUT2D eigenvalue weighted by atomic mass is 10.1. The SMILES string of the molecule is CC(C)(C)OC(=O)Nc1cc(CCC=O)cc(F)c1F. The molecular weight excluding hydrogens is 268 g/mol. The van der Waals surface area contributed by atoms with E-state index in [0.29, 0.717) is 11.8 Å². The molecule has 110 valence electrons. The first-order valence-electron chi connectivity index (χ1n) is 6.14. The fraction of sp³-hybridized carbons (Fsp3) is 0.429. The van der Waals surface area contributed by atoms with E-state index in [1.54, 1.807) is 20.8 Å². The molecule has 4 nitrogen and oxygen atoms in total. The number of anilines is 1. The summed E-state index contributed by atoms with van der Waals surface area (Å²) < 4.78 is 31.9. The van der Waals surface area contributed by atoms with Gasteiger partial charge in [0.05, 0.1) is 5.69 Å². The molecule has 0 aliphatic rings. The Balaban J connectivity index is 2.90. The molecule has 6 heteroatoms. The van der Waals surface area contributed by atoms with Crippen molar-refractivity contribution in [3.8, 4) is 0 Å². The van der Waals surface area contributed by atoms with Crippen molar-refractivity contribution in [2.24, 2.45) is 0 Å². The van der Waals surface area contributed by atoms with Crippen molar-refractivity contribution in [2.45, 2.75) is 39.2 Å². The monoisotopic (exact) mass is 285 g/mol. The van der Waals surface area contributed by atoms with Gasteiger partial charge in [-0.2, -0.15) is 0 Å². The minimum atomic E-state index is -1.16. The normalized spacial score (nSPS) is 11.1. The number of halogens is 2. The predicted molar refractivity (Wildman–Crippen MR) is 70.6 cm³/mol. The maximum atomic E-state index is 13.6. The van der Waals surface area contributed by atoms with E-state index in [4.69, 9.17) is 4.74 Å². The highest BCUT2D eigenvalue weighted by Gasteiger charge is 2.19. The van der Waals surface area contributed by atoms with E-state index in [1.807, 2.05) is 0 Å². The van der Waals surface area contributed by atoms with Crippen LogP contribution in [0.5, 0.6) is 0 Å². The van der Waals surface area contributed by atoms with Gasteiger partial charge in [0.1, 0.15) is 11.9 Å². The Morgan fingerprint density at radius 3 is 2.55 bits per heavy atom. The number of benzene rings is 1. The van der Waals surface area contributed by atoms with Crippen LogP contribution >= 0.6 is 0 Å². The number of hydrogen-bond acceptors (Lipinski definition) is 3. The number of hydrogen-bond donors (Lipinski definition) is 1. The number of aldehydes is 1. The highest BCUT2D eigenvalue weighted by atomic mass is 19.2. The molecule has 0 aromatic heterocycles. The summed E-state index contributed by atoms with van der Waals surface area (Å²) in [5.41, 5.74) is -0.629. The van der Waals surface area contributed by atoms with E-state index in [0.717, 1.165) is 6.07 Å². The smallest absolute Gasteiger partial charge is 0.412 e. The molecule has 0 unspecified atom stereocenters. The van der Waals surface area contributed by atoms with Crippen LogP contribution in [0, 0.1) is 11.6 Å². The van der Waals surface area contributed by atoms with E-state index in [1.165, 1.54) is 6.07 Å². The van der Waals surface area contributed by atoms with Crippen molar-refractivity contribution >= 4 is 18.1 Å². The van der Waals surface area contributed by atoms with Crippen LogP contribution < -0.4 is 5.32 Å². The molecule has 1 amide bonds. The molecule has 0 saturated carbocycles. The Labute approximate surface area is 116 Å². The van der Waals surface area contributed by atoms with E-state index in [2.05, 4.69) is 5.32 Å². The van der Waals surface area contributed by atoms with Gasteiger partial charge >= 0.3 is 6.09 Å². The fourth-order valence-corrected chi connectivity index (χ4v) is 1.52. The van der Waals surface area contributed by atoms with Gasteiger partial charge in [0.15, 0.2) is 11.6 Å². The highest BCUT2D eigenvalue weighted by Crippen LogP contribution is 2.21. The summed E-state index contributed by atoms with van der Waals surface area (Å²) in [4.78, 5) is 21.8. The van der Waals surface area contributed by atoms with Crippen molar-refractivity contribution in [3.63, 3.8) is 0 Å². The summed E-state index contributed by atoms with van der Waals surface area (Å²) in [5, 5.41) is 2.16. The van der Waals surface area contributed by atoms with E-state index < -0.39 is 23.3 Å². The molecule has 0 heterocycles. The Bertz CT molecular complexity index is 510. The van der Waals surface area contributed by atoms with Crippen LogP contribution in [0.2, 0.25) is 0 Å². The van der Waals surface area contributed by atoms with Gasteiger partial charge in [0.2, 0.25) is 0 Å². The number of ether oxygens (including phenoxy) is 1. The molecule has 0 aliphatic carbocycles. The van der Waals surface area contributed by atoms with Crippen molar-refractivity contribution in [3.05, 3.63) is 29.3 Å². The van der Waals surface area contributed by atoms with Gasteiger partial charge in [-0.15, -0.1) is 0 Å². The maximum Gasteiger partial charge on any atom is 0.412 e. The zero-order valence-corrected chi connectivity index (χ0v) is 11.6. The fourth-order valence-electron chi connectivity index (χ4n) is 1.52. The zero-order chi connectivity index (χ0) is 15.3. The second kappa shape index (κ2) is 6.45. The third-order valence-corrected chi connectivity index (χ3v) is 2.27. The topological polar surface area (TPSA) is 55.4 Å². The van der Waals surface area contributed by atoms with Gasteiger partial charge in [0, 0.05) is 6.42 Å². The van der Waals surface area contributed by atoms with Crippen molar-refractivity contribution in [1.29, 1.82) is 0 Å². The maximum absolute atomic E-state index is 13.6. The van der Waals surface area contributed by atoms with Gasteiger partial charge in [-0.3, -0.25) is 5.32 Å². The summed E-state index contributed by atoms with van der Waals surface area (Å²) in [6.07, 6.45) is 0.270. The lowest BCUT2D eigenvalue weighted by Gasteiger charge is -2.20. The molecule has 0 saturated heterocycles. The second-order valence-electron chi connectivity index (χ2n) is 5.27. The molecule has 0 aliphatic heterocycles. The number of nitrogens with one attached hydrogen (secondary N) is 1. The molecular formula is C14H17F2NO3. The molecule has 1 aromatic carbocycles. The van der Waals surface area contributed by atoms with Gasteiger partial charge in [-0.25, -0.2) is 13.6 Å². The second-order valence-corrected chi connectivity index (χ2v) is 5.27. The summed E-state index contributed by atoms with van der Waals surface area (Å²) in [6, 6.07) is 2.28. The minimum absolute atomic E-state index is 0.191.